The van der Waals surface area contributed by atoms with Gasteiger partial charge in [-0.05, 0) is 55.5 Å². The molecule has 4 rings (SSSR count). The number of ether oxygens (including phenoxy) is 2. The largest absolute Gasteiger partial charge is 0.493 e. The molecular weight excluding hydrogens is 426 g/mol. The standard InChI is InChI=1S/C28H35N3O3/c1-3-10-21-15-16-25(26(19-21)33-2)34-18-9-17-31-24-14-8-7-13-23(24)30-27(31)20-29-28(32)22-11-5-4-6-12-22/h3,7-8,13-16,19,22H,1,4-6,9-12,17-18,20H2,2H3,(H,29,32). The number of hydrogen-bond donors (Lipinski definition) is 1. The molecule has 1 amide bonds. The van der Waals surface area contributed by atoms with Gasteiger partial charge in [-0.15, -0.1) is 6.58 Å². The van der Waals surface area contributed by atoms with Gasteiger partial charge in [-0.1, -0.05) is 43.5 Å². The molecule has 6 nitrogen and oxygen atoms in total. The van der Waals surface area contributed by atoms with Crippen molar-refractivity contribution in [3.63, 3.8) is 0 Å². The van der Waals surface area contributed by atoms with Crippen molar-refractivity contribution < 1.29 is 14.3 Å². The predicted molar refractivity (Wildman–Crippen MR) is 135 cm³/mol. The summed E-state index contributed by atoms with van der Waals surface area (Å²) in [6.45, 7) is 5.55. The lowest BCUT2D eigenvalue weighted by molar-refractivity contribution is -0.126. The number of carbonyl (C=O) groups excluding carboxylic acids is 1. The van der Waals surface area contributed by atoms with Gasteiger partial charge in [0.15, 0.2) is 11.5 Å². The van der Waals surface area contributed by atoms with Gasteiger partial charge in [-0.2, -0.15) is 0 Å². The molecule has 1 saturated carbocycles. The Morgan fingerprint density at radius 1 is 1.18 bits per heavy atom. The molecule has 180 valence electrons. The second-order valence-corrected chi connectivity index (χ2v) is 8.90. The van der Waals surface area contributed by atoms with Crippen molar-refractivity contribution in [1.29, 1.82) is 0 Å². The maximum absolute atomic E-state index is 12.7. The minimum atomic E-state index is 0.146. The summed E-state index contributed by atoms with van der Waals surface area (Å²) in [5, 5.41) is 3.14. The molecule has 2 aromatic carbocycles. The first-order valence-corrected chi connectivity index (χ1v) is 12.3. The van der Waals surface area contributed by atoms with Crippen LogP contribution in [0.5, 0.6) is 11.5 Å². The molecule has 0 radical (unpaired) electrons. The number of methoxy groups -OCH3 is 1. The molecule has 34 heavy (non-hydrogen) atoms. The van der Waals surface area contributed by atoms with Crippen LogP contribution in [0, 0.1) is 5.92 Å². The first kappa shape index (κ1) is 23.9. The Balaban J connectivity index is 1.38. The zero-order chi connectivity index (χ0) is 23.8. The first-order valence-electron chi connectivity index (χ1n) is 12.3. The number of carbonyl (C=O) groups is 1. The lowest BCUT2D eigenvalue weighted by atomic mass is 9.89. The van der Waals surface area contributed by atoms with Gasteiger partial charge in [0, 0.05) is 12.5 Å². The monoisotopic (exact) mass is 461 g/mol. The van der Waals surface area contributed by atoms with E-state index in [-0.39, 0.29) is 11.8 Å². The van der Waals surface area contributed by atoms with Crippen molar-refractivity contribution in [1.82, 2.24) is 14.9 Å². The number of nitrogens with one attached hydrogen (secondary N) is 1. The molecule has 0 bridgehead atoms. The summed E-state index contributed by atoms with van der Waals surface area (Å²) >= 11 is 0. The molecule has 1 heterocycles. The van der Waals surface area contributed by atoms with Crippen molar-refractivity contribution in [2.45, 2.75) is 58.0 Å². The topological polar surface area (TPSA) is 65.4 Å². The summed E-state index contributed by atoms with van der Waals surface area (Å²) < 4.78 is 13.7. The van der Waals surface area contributed by atoms with Gasteiger partial charge in [0.2, 0.25) is 5.91 Å². The minimum Gasteiger partial charge on any atom is -0.493 e. The zero-order valence-electron chi connectivity index (χ0n) is 20.1. The van der Waals surface area contributed by atoms with Gasteiger partial charge in [0.05, 0.1) is 31.3 Å². The molecule has 1 aromatic heterocycles. The highest BCUT2D eigenvalue weighted by molar-refractivity contribution is 5.79. The molecule has 0 aliphatic heterocycles. The Morgan fingerprint density at radius 2 is 2.00 bits per heavy atom. The smallest absolute Gasteiger partial charge is 0.223 e. The van der Waals surface area contributed by atoms with Crippen molar-refractivity contribution >= 4 is 16.9 Å². The molecule has 1 N–H and O–H groups in total. The van der Waals surface area contributed by atoms with Crippen LogP contribution in [0.2, 0.25) is 0 Å². The average molecular weight is 462 g/mol. The van der Waals surface area contributed by atoms with E-state index in [1.54, 1.807) is 7.11 Å². The van der Waals surface area contributed by atoms with Crippen molar-refractivity contribution in [2.75, 3.05) is 13.7 Å². The van der Waals surface area contributed by atoms with Gasteiger partial charge in [0.1, 0.15) is 5.82 Å². The Morgan fingerprint density at radius 3 is 2.79 bits per heavy atom. The van der Waals surface area contributed by atoms with E-state index in [9.17, 15) is 4.79 Å². The summed E-state index contributed by atoms with van der Waals surface area (Å²) in [7, 11) is 1.66. The molecule has 1 aliphatic carbocycles. The number of nitrogens with zero attached hydrogens (tertiary/aromatic N) is 2. The molecular formula is C28H35N3O3. The highest BCUT2D eigenvalue weighted by Gasteiger charge is 2.21. The second-order valence-electron chi connectivity index (χ2n) is 8.90. The molecule has 1 fully saturated rings. The number of aromatic nitrogens is 2. The van der Waals surface area contributed by atoms with E-state index in [4.69, 9.17) is 14.5 Å². The number of rotatable bonds is 11. The number of fused-ring (bicyclic) bond motifs is 1. The summed E-state index contributed by atoms with van der Waals surface area (Å²) in [5.41, 5.74) is 3.17. The Bertz CT molecular complexity index is 1120. The number of allylic oxidation sites excluding steroid dienone is 1. The third kappa shape index (κ3) is 5.79. The van der Waals surface area contributed by atoms with Crippen LogP contribution >= 0.6 is 0 Å². The van der Waals surface area contributed by atoms with Gasteiger partial charge < -0.3 is 19.4 Å². The lowest BCUT2D eigenvalue weighted by Gasteiger charge is -2.20. The fourth-order valence-corrected chi connectivity index (χ4v) is 4.71. The van der Waals surface area contributed by atoms with Crippen molar-refractivity contribution in [3.8, 4) is 11.5 Å². The third-order valence-corrected chi connectivity index (χ3v) is 6.52. The van der Waals surface area contributed by atoms with Crippen molar-refractivity contribution in [2.24, 2.45) is 5.92 Å². The maximum Gasteiger partial charge on any atom is 0.223 e. The fraction of sp³-hybridized carbons (Fsp3) is 0.429. The molecule has 0 spiro atoms. The minimum absolute atomic E-state index is 0.146. The van der Waals surface area contributed by atoms with Crippen molar-refractivity contribution in [3.05, 3.63) is 66.5 Å². The van der Waals surface area contributed by atoms with E-state index >= 15 is 0 Å². The number of imidazole rings is 1. The van der Waals surface area contributed by atoms with Gasteiger partial charge in [-0.25, -0.2) is 4.98 Å². The second kappa shape index (κ2) is 11.7. The molecule has 0 atom stereocenters. The third-order valence-electron chi connectivity index (χ3n) is 6.52. The molecule has 6 heteroatoms. The Kier molecular flexibility index (Phi) is 8.23. The van der Waals surface area contributed by atoms with Gasteiger partial charge in [-0.3, -0.25) is 4.79 Å². The van der Waals surface area contributed by atoms with Crippen LogP contribution in [0.1, 0.15) is 49.9 Å². The Hall–Kier alpha value is -3.28. The summed E-state index contributed by atoms with van der Waals surface area (Å²) in [6.07, 6.45) is 9.02. The summed E-state index contributed by atoms with van der Waals surface area (Å²) in [5.74, 6) is 2.67. The summed E-state index contributed by atoms with van der Waals surface area (Å²) in [4.78, 5) is 17.5. The van der Waals surface area contributed by atoms with Crippen LogP contribution < -0.4 is 14.8 Å². The van der Waals surface area contributed by atoms with E-state index in [2.05, 4.69) is 22.5 Å². The molecule has 3 aromatic rings. The maximum atomic E-state index is 12.7. The summed E-state index contributed by atoms with van der Waals surface area (Å²) in [6, 6.07) is 14.1. The van der Waals surface area contributed by atoms with Crippen LogP contribution in [0.25, 0.3) is 11.0 Å². The van der Waals surface area contributed by atoms with Crippen LogP contribution in [0.15, 0.2) is 55.1 Å². The van der Waals surface area contributed by atoms with E-state index < -0.39 is 0 Å². The zero-order valence-corrected chi connectivity index (χ0v) is 20.1. The van der Waals surface area contributed by atoms with Gasteiger partial charge in [0.25, 0.3) is 0 Å². The fourth-order valence-electron chi connectivity index (χ4n) is 4.71. The van der Waals surface area contributed by atoms with Crippen LogP contribution in [0.4, 0.5) is 0 Å². The molecule has 0 unspecified atom stereocenters. The lowest BCUT2D eigenvalue weighted by Crippen LogP contribution is -2.32. The average Bonchev–Trinajstić information content (AvgIpc) is 3.23. The van der Waals surface area contributed by atoms with E-state index in [0.29, 0.717) is 13.2 Å². The molecule has 1 aliphatic rings. The number of aryl methyl sites for hydroxylation is 1. The number of benzene rings is 2. The van der Waals surface area contributed by atoms with Crippen LogP contribution in [-0.4, -0.2) is 29.2 Å². The Labute approximate surface area is 202 Å². The highest BCUT2D eigenvalue weighted by Crippen LogP contribution is 2.29. The highest BCUT2D eigenvalue weighted by atomic mass is 16.5. The van der Waals surface area contributed by atoms with E-state index in [1.165, 1.54) is 6.42 Å². The SMILES string of the molecule is C=CCc1ccc(OCCCn2c(CNC(=O)C3CCCCC3)nc3ccccc32)c(OC)c1. The molecule has 0 saturated heterocycles. The van der Waals surface area contributed by atoms with E-state index in [1.807, 2.05) is 42.5 Å². The number of para-hydroxylation sites is 2. The number of amides is 1. The van der Waals surface area contributed by atoms with E-state index in [0.717, 1.165) is 79.0 Å². The quantitative estimate of drug-likeness (QED) is 0.305. The normalized spacial score (nSPS) is 14.1. The van der Waals surface area contributed by atoms with Crippen LogP contribution in [-0.2, 0) is 24.3 Å². The first-order chi connectivity index (χ1) is 16.7. The van der Waals surface area contributed by atoms with Crippen LogP contribution in [0.3, 0.4) is 0 Å². The van der Waals surface area contributed by atoms with Gasteiger partial charge >= 0.3 is 0 Å². The number of hydrogen-bond acceptors (Lipinski definition) is 4. The predicted octanol–water partition coefficient (Wildman–Crippen LogP) is 5.44.